The summed E-state index contributed by atoms with van der Waals surface area (Å²) in [5, 5.41) is 9.26. The first-order valence-electron chi connectivity index (χ1n) is 5.15. The van der Waals surface area contributed by atoms with Crippen LogP contribution in [0.25, 0.3) is 0 Å². The van der Waals surface area contributed by atoms with E-state index >= 15 is 0 Å². The van der Waals surface area contributed by atoms with E-state index in [-0.39, 0.29) is 0 Å². The maximum Gasteiger partial charge on any atom is 0.0992 e. The van der Waals surface area contributed by atoms with Crippen LogP contribution in [0.4, 0.5) is 0 Å². The molecular weight excluding hydrogens is 222 g/mol. The molecule has 0 N–H and O–H groups in total. The van der Waals surface area contributed by atoms with E-state index in [1.807, 2.05) is 18.2 Å². The van der Waals surface area contributed by atoms with Gasteiger partial charge < -0.3 is 4.74 Å². The van der Waals surface area contributed by atoms with Gasteiger partial charge in [-0.15, -0.1) is 6.58 Å². The zero-order valence-electron chi connectivity index (χ0n) is 9.08. The predicted octanol–water partition coefficient (Wildman–Crippen LogP) is 3.69. The first-order chi connectivity index (χ1) is 7.77. The molecule has 1 aromatic carbocycles. The van der Waals surface area contributed by atoms with E-state index in [0.717, 1.165) is 18.4 Å². The Hall–Kier alpha value is -1.30. The maximum atomic E-state index is 8.68. The summed E-state index contributed by atoms with van der Waals surface area (Å²) >= 11 is 6.00. The van der Waals surface area contributed by atoms with Gasteiger partial charge in [-0.1, -0.05) is 23.7 Å². The second kappa shape index (κ2) is 7.05. The molecular formula is C13H14ClNO. The number of allylic oxidation sites excluding steroid dienone is 1. The van der Waals surface area contributed by atoms with E-state index in [1.165, 1.54) is 0 Å². The molecule has 0 unspecified atom stereocenters. The third-order valence-electron chi connectivity index (χ3n) is 2.14. The Balaban J connectivity index is 2.43. The van der Waals surface area contributed by atoms with Crippen LogP contribution in [0.15, 0.2) is 30.9 Å². The molecule has 3 heteroatoms. The average molecular weight is 236 g/mol. The number of rotatable bonds is 6. The third kappa shape index (κ3) is 4.06. The number of halogens is 1. The van der Waals surface area contributed by atoms with Crippen molar-refractivity contribution in [3.63, 3.8) is 0 Å². The number of nitriles is 1. The molecule has 0 aliphatic rings. The van der Waals surface area contributed by atoms with Gasteiger partial charge in [0.1, 0.15) is 0 Å². The lowest BCUT2D eigenvalue weighted by molar-refractivity contribution is 0.119. The van der Waals surface area contributed by atoms with Crippen molar-refractivity contribution in [2.24, 2.45) is 0 Å². The first-order valence-corrected chi connectivity index (χ1v) is 5.53. The quantitative estimate of drug-likeness (QED) is 0.557. The molecule has 0 saturated carbocycles. The second-order valence-electron chi connectivity index (χ2n) is 3.40. The van der Waals surface area contributed by atoms with Gasteiger partial charge >= 0.3 is 0 Å². The lowest BCUT2D eigenvalue weighted by atomic mass is 10.1. The van der Waals surface area contributed by atoms with E-state index in [0.29, 0.717) is 23.8 Å². The normalized spacial score (nSPS) is 9.75. The first kappa shape index (κ1) is 12.8. The monoisotopic (exact) mass is 235 g/mol. The fourth-order valence-corrected chi connectivity index (χ4v) is 1.48. The molecule has 0 amide bonds. The van der Waals surface area contributed by atoms with E-state index in [9.17, 15) is 0 Å². The van der Waals surface area contributed by atoms with Crippen molar-refractivity contribution in [1.82, 2.24) is 0 Å². The zero-order chi connectivity index (χ0) is 11.8. The van der Waals surface area contributed by atoms with Crippen LogP contribution in [0.1, 0.15) is 24.0 Å². The lowest BCUT2D eigenvalue weighted by Crippen LogP contribution is -1.96. The minimum absolute atomic E-state index is 0.488. The summed E-state index contributed by atoms with van der Waals surface area (Å²) in [5.74, 6) is 0. The summed E-state index contributed by atoms with van der Waals surface area (Å²) in [6, 6.07) is 7.27. The Morgan fingerprint density at radius 2 is 2.31 bits per heavy atom. The van der Waals surface area contributed by atoms with Gasteiger partial charge in [-0.05, 0) is 30.5 Å². The fourth-order valence-electron chi connectivity index (χ4n) is 1.25. The van der Waals surface area contributed by atoms with Crippen molar-refractivity contribution in [2.45, 2.75) is 19.4 Å². The van der Waals surface area contributed by atoms with Crippen molar-refractivity contribution in [3.8, 4) is 6.07 Å². The van der Waals surface area contributed by atoms with Crippen LogP contribution in [0.5, 0.6) is 0 Å². The number of hydrogen-bond donors (Lipinski definition) is 0. The van der Waals surface area contributed by atoms with Gasteiger partial charge in [0, 0.05) is 11.6 Å². The van der Waals surface area contributed by atoms with Gasteiger partial charge in [-0.3, -0.25) is 0 Å². The molecule has 0 saturated heterocycles. The van der Waals surface area contributed by atoms with Gasteiger partial charge in [0.15, 0.2) is 0 Å². The van der Waals surface area contributed by atoms with Crippen LogP contribution >= 0.6 is 11.6 Å². The highest BCUT2D eigenvalue weighted by molar-refractivity contribution is 6.31. The van der Waals surface area contributed by atoms with E-state index in [2.05, 4.69) is 6.58 Å². The summed E-state index contributed by atoms with van der Waals surface area (Å²) in [6.07, 6.45) is 3.80. The van der Waals surface area contributed by atoms with Gasteiger partial charge in [0.25, 0.3) is 0 Å². The zero-order valence-corrected chi connectivity index (χ0v) is 9.83. The van der Waals surface area contributed by atoms with E-state index in [1.54, 1.807) is 12.1 Å². The SMILES string of the molecule is C=CCCCOCc1ccc(C#N)cc1Cl. The molecule has 84 valence electrons. The Morgan fingerprint density at radius 1 is 1.50 bits per heavy atom. The Kier molecular flexibility index (Phi) is 5.63. The molecule has 0 aliphatic carbocycles. The fraction of sp³-hybridized carbons (Fsp3) is 0.308. The van der Waals surface area contributed by atoms with E-state index in [4.69, 9.17) is 21.6 Å². The Morgan fingerprint density at radius 3 is 2.94 bits per heavy atom. The molecule has 0 fully saturated rings. The highest BCUT2D eigenvalue weighted by Crippen LogP contribution is 2.18. The Bertz CT molecular complexity index is 395. The molecule has 0 bridgehead atoms. The highest BCUT2D eigenvalue weighted by atomic mass is 35.5. The minimum atomic E-state index is 0.488. The molecule has 0 heterocycles. The second-order valence-corrected chi connectivity index (χ2v) is 3.81. The summed E-state index contributed by atoms with van der Waals surface area (Å²) in [5.41, 5.74) is 1.49. The summed E-state index contributed by atoms with van der Waals surface area (Å²) in [4.78, 5) is 0. The molecule has 0 spiro atoms. The topological polar surface area (TPSA) is 33.0 Å². The van der Waals surface area contributed by atoms with Crippen LogP contribution in [0.2, 0.25) is 5.02 Å². The van der Waals surface area contributed by atoms with Crippen molar-refractivity contribution in [2.75, 3.05) is 6.61 Å². The number of benzene rings is 1. The number of ether oxygens (including phenoxy) is 1. The van der Waals surface area contributed by atoms with Gasteiger partial charge in [-0.2, -0.15) is 5.26 Å². The lowest BCUT2D eigenvalue weighted by Gasteiger charge is -2.05. The third-order valence-corrected chi connectivity index (χ3v) is 2.49. The number of hydrogen-bond acceptors (Lipinski definition) is 2. The molecule has 0 aromatic heterocycles. The average Bonchev–Trinajstić information content (AvgIpc) is 2.30. The standard InChI is InChI=1S/C13H14ClNO/c1-2-3-4-7-16-10-12-6-5-11(9-15)8-13(12)14/h2,5-6,8H,1,3-4,7,10H2. The number of unbranched alkanes of at least 4 members (excludes halogenated alkanes) is 1. The predicted molar refractivity (Wildman–Crippen MR) is 65.3 cm³/mol. The molecule has 0 atom stereocenters. The van der Waals surface area contributed by atoms with Gasteiger partial charge in [0.2, 0.25) is 0 Å². The summed E-state index contributed by atoms with van der Waals surface area (Å²) in [7, 11) is 0. The van der Waals surface area contributed by atoms with Crippen molar-refractivity contribution < 1.29 is 4.74 Å². The summed E-state index contributed by atoms with van der Waals surface area (Å²) < 4.78 is 5.46. The Labute approximate surface area is 101 Å². The molecule has 16 heavy (non-hydrogen) atoms. The van der Waals surface area contributed by atoms with E-state index < -0.39 is 0 Å². The molecule has 0 radical (unpaired) electrons. The van der Waals surface area contributed by atoms with Crippen LogP contribution in [-0.2, 0) is 11.3 Å². The molecule has 1 aromatic rings. The maximum absolute atomic E-state index is 8.68. The molecule has 0 aliphatic heterocycles. The van der Waals surface area contributed by atoms with Crippen molar-refractivity contribution >= 4 is 11.6 Å². The van der Waals surface area contributed by atoms with Gasteiger partial charge in [0.05, 0.1) is 18.2 Å². The largest absolute Gasteiger partial charge is 0.377 e. The van der Waals surface area contributed by atoms with Crippen LogP contribution in [0, 0.1) is 11.3 Å². The minimum Gasteiger partial charge on any atom is -0.377 e. The highest BCUT2D eigenvalue weighted by Gasteiger charge is 2.01. The number of nitrogens with zero attached hydrogens (tertiary/aromatic N) is 1. The van der Waals surface area contributed by atoms with Crippen LogP contribution in [-0.4, -0.2) is 6.61 Å². The van der Waals surface area contributed by atoms with Crippen molar-refractivity contribution in [1.29, 1.82) is 5.26 Å². The van der Waals surface area contributed by atoms with Crippen LogP contribution < -0.4 is 0 Å². The summed E-state index contributed by atoms with van der Waals surface area (Å²) in [6.45, 7) is 4.83. The molecule has 1 rings (SSSR count). The van der Waals surface area contributed by atoms with Gasteiger partial charge in [-0.25, -0.2) is 0 Å². The molecule has 2 nitrogen and oxygen atoms in total. The smallest absolute Gasteiger partial charge is 0.0992 e. The van der Waals surface area contributed by atoms with Crippen molar-refractivity contribution in [3.05, 3.63) is 47.0 Å². The van der Waals surface area contributed by atoms with Crippen LogP contribution in [0.3, 0.4) is 0 Å².